The van der Waals surface area contributed by atoms with Crippen LogP contribution in [0.5, 0.6) is 5.88 Å². The number of imidazole rings is 1. The molecule has 0 aliphatic heterocycles. The highest BCUT2D eigenvalue weighted by molar-refractivity contribution is 5.98. The molecule has 0 aliphatic carbocycles. The number of fused-ring (bicyclic) bond motifs is 1. The second-order valence-corrected chi connectivity index (χ2v) is 10.8. The summed E-state index contributed by atoms with van der Waals surface area (Å²) in [6.45, 7) is 6.43. The molecule has 12 heteroatoms. The summed E-state index contributed by atoms with van der Waals surface area (Å²) >= 11 is 0. The van der Waals surface area contributed by atoms with E-state index >= 15 is 0 Å². The zero-order valence-electron chi connectivity index (χ0n) is 24.5. The van der Waals surface area contributed by atoms with Gasteiger partial charge >= 0.3 is 5.97 Å². The summed E-state index contributed by atoms with van der Waals surface area (Å²) in [4.78, 5) is 41.9. The Morgan fingerprint density at radius 3 is 2.47 bits per heavy atom. The van der Waals surface area contributed by atoms with Crippen LogP contribution in [-0.4, -0.2) is 51.0 Å². The molecule has 0 radical (unpaired) electrons. The number of rotatable bonds is 11. The minimum Gasteiger partial charge on any atom is -0.471 e. The van der Waals surface area contributed by atoms with Gasteiger partial charge in [0, 0.05) is 32.2 Å². The zero-order chi connectivity index (χ0) is 31.0. The van der Waals surface area contributed by atoms with E-state index in [2.05, 4.69) is 25.3 Å². The molecule has 2 heterocycles. The number of anilines is 2. The van der Waals surface area contributed by atoms with Gasteiger partial charge in [-0.3, -0.25) is 4.79 Å². The van der Waals surface area contributed by atoms with E-state index in [1.807, 2.05) is 66.5 Å². The molecule has 0 bridgehead atoms. The Balaban J connectivity index is 1.22. The van der Waals surface area contributed by atoms with Crippen molar-refractivity contribution in [2.45, 2.75) is 45.9 Å². The van der Waals surface area contributed by atoms with Crippen molar-refractivity contribution in [3.63, 3.8) is 0 Å². The topological polar surface area (TPSA) is 172 Å². The lowest BCUT2D eigenvalue weighted by Crippen LogP contribution is -2.28. The summed E-state index contributed by atoms with van der Waals surface area (Å²) in [7, 11) is 1.90. The third-order valence-electron chi connectivity index (χ3n) is 6.21. The lowest BCUT2D eigenvalue weighted by molar-refractivity contribution is -0.149. The summed E-state index contributed by atoms with van der Waals surface area (Å²) in [6, 6.07) is 17.0. The minimum absolute atomic E-state index is 0.0700. The number of carbonyl (C=O) groups is 2. The number of esters is 1. The third kappa shape index (κ3) is 8.77. The highest BCUT2D eigenvalue weighted by Gasteiger charge is 2.20. The van der Waals surface area contributed by atoms with E-state index in [1.54, 1.807) is 20.8 Å². The smallest absolute Gasteiger partial charge is 0.349 e. The fourth-order valence-corrected chi connectivity index (χ4v) is 3.98. The number of nitrogens with zero attached hydrogens (tertiary/aromatic N) is 5. The van der Waals surface area contributed by atoms with Gasteiger partial charge in [-0.15, -0.1) is 0 Å². The molecule has 2 aromatic heterocycles. The van der Waals surface area contributed by atoms with Gasteiger partial charge in [0.15, 0.2) is 11.2 Å². The first-order valence-corrected chi connectivity index (χ1v) is 13.6. The Bertz CT molecular complexity index is 1650. The van der Waals surface area contributed by atoms with Crippen molar-refractivity contribution in [1.29, 1.82) is 5.26 Å². The SMILES string of the molecule is CN(CCC(=O)NCc1ccc(COc2nc(N)nc3[nH]cnc23)cc1)c1ccc(/C=C(\C#N)C(=O)OC(C)(C)C)cc1. The second-order valence-electron chi connectivity index (χ2n) is 10.8. The van der Waals surface area contributed by atoms with Gasteiger partial charge in [-0.05, 0) is 55.7 Å². The summed E-state index contributed by atoms with van der Waals surface area (Å²) < 4.78 is 11.1. The number of nitrogen functional groups attached to an aromatic ring is 1. The maximum atomic E-state index is 12.5. The quantitative estimate of drug-likeness (QED) is 0.134. The van der Waals surface area contributed by atoms with Crippen LogP contribution in [0.25, 0.3) is 17.2 Å². The van der Waals surface area contributed by atoms with Crippen LogP contribution in [0.3, 0.4) is 0 Å². The lowest BCUT2D eigenvalue weighted by Gasteiger charge is -2.19. The zero-order valence-corrected chi connectivity index (χ0v) is 24.5. The van der Waals surface area contributed by atoms with Gasteiger partial charge in [0.05, 0.1) is 6.33 Å². The molecule has 4 rings (SSSR count). The number of nitriles is 1. The number of nitrogens with one attached hydrogen (secondary N) is 2. The van der Waals surface area contributed by atoms with Crippen molar-refractivity contribution in [2.75, 3.05) is 24.2 Å². The van der Waals surface area contributed by atoms with Crippen LogP contribution in [0.2, 0.25) is 0 Å². The Labute approximate surface area is 249 Å². The third-order valence-corrected chi connectivity index (χ3v) is 6.21. The van der Waals surface area contributed by atoms with E-state index in [0.717, 1.165) is 16.8 Å². The van der Waals surface area contributed by atoms with E-state index in [0.29, 0.717) is 42.1 Å². The average molecular weight is 583 g/mol. The molecule has 2 aromatic carbocycles. The van der Waals surface area contributed by atoms with E-state index < -0.39 is 11.6 Å². The molecular weight excluding hydrogens is 548 g/mol. The fourth-order valence-electron chi connectivity index (χ4n) is 3.98. The minimum atomic E-state index is -0.684. The first-order valence-electron chi connectivity index (χ1n) is 13.6. The first-order chi connectivity index (χ1) is 20.5. The van der Waals surface area contributed by atoms with Crippen LogP contribution in [0, 0.1) is 11.3 Å². The van der Waals surface area contributed by atoms with Gasteiger partial charge < -0.3 is 30.4 Å². The number of aromatic amines is 1. The molecule has 0 aliphatic rings. The molecule has 43 heavy (non-hydrogen) atoms. The lowest BCUT2D eigenvalue weighted by atomic mass is 10.1. The Hall–Kier alpha value is -5.44. The monoisotopic (exact) mass is 582 g/mol. The Morgan fingerprint density at radius 2 is 1.79 bits per heavy atom. The first kappa shape index (κ1) is 30.5. The van der Waals surface area contributed by atoms with Crippen molar-refractivity contribution >= 4 is 40.8 Å². The van der Waals surface area contributed by atoms with Crippen LogP contribution < -0.4 is 20.7 Å². The number of hydrogen-bond acceptors (Lipinski definition) is 10. The Kier molecular flexibility index (Phi) is 9.57. The van der Waals surface area contributed by atoms with Crippen LogP contribution in [-0.2, 0) is 27.5 Å². The van der Waals surface area contributed by atoms with Crippen molar-refractivity contribution in [3.05, 3.63) is 77.1 Å². The van der Waals surface area contributed by atoms with Crippen molar-refractivity contribution in [2.24, 2.45) is 0 Å². The number of amides is 1. The molecule has 0 atom stereocenters. The van der Waals surface area contributed by atoms with Crippen molar-refractivity contribution < 1.29 is 19.1 Å². The van der Waals surface area contributed by atoms with Crippen LogP contribution in [0.1, 0.15) is 43.9 Å². The molecule has 0 saturated heterocycles. The summed E-state index contributed by atoms with van der Waals surface area (Å²) in [5.41, 5.74) is 9.48. The van der Waals surface area contributed by atoms with Gasteiger partial charge in [0.2, 0.25) is 17.7 Å². The molecule has 0 unspecified atom stereocenters. The predicted octanol–water partition coefficient (Wildman–Crippen LogP) is 3.91. The highest BCUT2D eigenvalue weighted by Crippen LogP contribution is 2.21. The van der Waals surface area contributed by atoms with Crippen molar-refractivity contribution in [3.8, 4) is 11.9 Å². The van der Waals surface area contributed by atoms with Gasteiger partial charge in [0.25, 0.3) is 0 Å². The molecule has 0 saturated carbocycles. The predicted molar refractivity (Wildman–Crippen MR) is 162 cm³/mol. The van der Waals surface area contributed by atoms with Crippen molar-refractivity contribution in [1.82, 2.24) is 25.3 Å². The molecule has 4 aromatic rings. The average Bonchev–Trinajstić information content (AvgIpc) is 3.45. The van der Waals surface area contributed by atoms with Gasteiger partial charge in [-0.1, -0.05) is 36.4 Å². The molecule has 12 nitrogen and oxygen atoms in total. The number of H-pyrrole nitrogens is 1. The van der Waals surface area contributed by atoms with Gasteiger partial charge in [0.1, 0.15) is 23.9 Å². The van der Waals surface area contributed by atoms with Crippen LogP contribution >= 0.6 is 0 Å². The molecule has 0 spiro atoms. The van der Waals surface area contributed by atoms with E-state index in [-0.39, 0.29) is 24.0 Å². The standard InChI is InChI=1S/C31H34N8O4/c1-31(2,3)43-29(41)23(16-32)15-20-9-11-24(12-10-20)39(4)14-13-25(40)34-17-21-5-7-22(8-6-21)18-42-28-26-27(36-19-35-26)37-30(33)38-28/h5-12,15,19H,13-14,17-18H2,1-4H3,(H,34,40)(H3,33,35,36,37,38)/b23-15+. The van der Waals surface area contributed by atoms with Gasteiger partial charge in [-0.25, -0.2) is 9.78 Å². The number of hydrogen-bond donors (Lipinski definition) is 3. The number of nitrogens with two attached hydrogens (primary N) is 1. The molecule has 4 N–H and O–H groups in total. The number of carbonyl (C=O) groups excluding carboxylic acids is 2. The van der Waals surface area contributed by atoms with E-state index in [9.17, 15) is 14.9 Å². The molecule has 1 amide bonds. The molecular formula is C31H34N8O4. The largest absolute Gasteiger partial charge is 0.471 e. The summed E-state index contributed by atoms with van der Waals surface area (Å²) in [5, 5.41) is 12.3. The molecule has 222 valence electrons. The normalized spacial score (nSPS) is 11.6. The molecule has 0 fully saturated rings. The summed E-state index contributed by atoms with van der Waals surface area (Å²) in [6.07, 6.45) is 3.31. The van der Waals surface area contributed by atoms with Crippen LogP contribution in [0.4, 0.5) is 11.6 Å². The number of benzene rings is 2. The summed E-state index contributed by atoms with van der Waals surface area (Å²) in [5.74, 6) is -0.321. The van der Waals surface area contributed by atoms with E-state index in [4.69, 9.17) is 15.2 Å². The fraction of sp³-hybridized carbons (Fsp3) is 0.290. The maximum absolute atomic E-state index is 12.5. The van der Waals surface area contributed by atoms with Gasteiger partial charge in [-0.2, -0.15) is 15.2 Å². The number of aromatic nitrogens is 4. The highest BCUT2D eigenvalue weighted by atomic mass is 16.6. The van der Waals surface area contributed by atoms with Crippen LogP contribution in [0.15, 0.2) is 60.4 Å². The number of ether oxygens (including phenoxy) is 2. The Morgan fingerprint density at radius 1 is 1.09 bits per heavy atom. The van der Waals surface area contributed by atoms with E-state index in [1.165, 1.54) is 12.4 Å². The maximum Gasteiger partial charge on any atom is 0.349 e. The second kappa shape index (κ2) is 13.5.